The average molecular weight is 309 g/mol. The molecule has 0 radical (unpaired) electrons. The summed E-state index contributed by atoms with van der Waals surface area (Å²) in [6.45, 7) is -0.0837. The van der Waals surface area contributed by atoms with E-state index in [9.17, 15) is 0 Å². The van der Waals surface area contributed by atoms with Crippen molar-refractivity contribution < 1.29 is 9.52 Å². The zero-order valence-corrected chi connectivity index (χ0v) is 9.33. The molecular weight excluding hydrogens is 304 g/mol. The summed E-state index contributed by atoms with van der Waals surface area (Å²) in [5.74, 6) is 0. The molecule has 0 amide bonds. The molecule has 0 atom stereocenters. The van der Waals surface area contributed by atoms with E-state index in [1.54, 1.807) is 12.1 Å². The average Bonchev–Trinajstić information content (AvgIpc) is 2.43. The number of fused-ring (bicyclic) bond motifs is 1. The van der Waals surface area contributed by atoms with Crippen LogP contribution in [-0.4, -0.2) is 10.1 Å². The van der Waals surface area contributed by atoms with Gasteiger partial charge in [0.1, 0.15) is 5.52 Å². The third kappa shape index (κ3) is 1.66. The molecule has 3 nitrogen and oxygen atoms in total. The van der Waals surface area contributed by atoms with E-state index in [0.29, 0.717) is 25.6 Å². The Kier molecular flexibility index (Phi) is 2.44. The number of halogens is 2. The summed E-state index contributed by atoms with van der Waals surface area (Å²) in [4.78, 5) is 4.13. The Morgan fingerprint density at radius 2 is 2.31 bits per heavy atom. The predicted molar refractivity (Wildman–Crippen MR) is 57.7 cm³/mol. The lowest BCUT2D eigenvalue weighted by Crippen LogP contribution is -1.85. The molecule has 68 valence electrons. The van der Waals surface area contributed by atoms with E-state index >= 15 is 0 Å². The molecule has 1 aromatic carbocycles. The van der Waals surface area contributed by atoms with Gasteiger partial charge in [0, 0.05) is 39.2 Å². The van der Waals surface area contributed by atoms with Crippen LogP contribution in [0.5, 0.6) is 0 Å². The number of aromatic nitrogens is 1. The molecule has 0 fully saturated rings. The van der Waals surface area contributed by atoms with Crippen molar-refractivity contribution >= 4 is 45.3 Å². The van der Waals surface area contributed by atoms with Crippen LogP contribution < -0.4 is 0 Å². The van der Waals surface area contributed by atoms with Gasteiger partial charge in [-0.15, -0.1) is 0 Å². The van der Waals surface area contributed by atoms with Crippen LogP contribution in [0.3, 0.4) is 0 Å². The molecule has 0 aliphatic carbocycles. The summed E-state index contributed by atoms with van der Waals surface area (Å²) < 4.78 is 5.82. The number of hydrogen-bond donors (Lipinski definition) is 1. The molecule has 0 unspecified atom stereocenters. The molecule has 0 spiro atoms. The van der Waals surface area contributed by atoms with E-state index in [-0.39, 0.29) is 6.61 Å². The first kappa shape index (κ1) is 9.23. The zero-order chi connectivity index (χ0) is 9.42. The summed E-state index contributed by atoms with van der Waals surface area (Å²) in [7, 11) is 0. The zero-order valence-electron chi connectivity index (χ0n) is 6.42. The lowest BCUT2D eigenvalue weighted by Gasteiger charge is -1.96. The molecule has 1 heterocycles. The van der Waals surface area contributed by atoms with Crippen LogP contribution in [0.4, 0.5) is 0 Å². The Bertz CT molecular complexity index is 455. The van der Waals surface area contributed by atoms with Crippen LogP contribution in [0.1, 0.15) is 5.56 Å². The minimum Gasteiger partial charge on any atom is -0.432 e. The van der Waals surface area contributed by atoms with Gasteiger partial charge in [-0.25, -0.2) is 4.98 Å². The first-order chi connectivity index (χ1) is 6.20. The van der Waals surface area contributed by atoms with Gasteiger partial charge in [0.2, 0.25) is 0 Å². The van der Waals surface area contributed by atoms with Crippen molar-refractivity contribution in [2.75, 3.05) is 0 Å². The topological polar surface area (TPSA) is 46.3 Å². The Morgan fingerprint density at radius 1 is 1.54 bits per heavy atom. The monoisotopic (exact) mass is 309 g/mol. The third-order valence-electron chi connectivity index (χ3n) is 1.68. The van der Waals surface area contributed by atoms with Crippen molar-refractivity contribution in [1.82, 2.24) is 4.98 Å². The standard InChI is InChI=1S/C8H5ClINO2/c9-5-1-4(3-12)7-6(2-5)13-8(10)11-7/h1-2,12H,3H2. The Balaban J connectivity index is 2.80. The second kappa shape index (κ2) is 3.43. The number of benzene rings is 1. The highest BCUT2D eigenvalue weighted by atomic mass is 127. The number of hydrogen-bond acceptors (Lipinski definition) is 3. The maximum Gasteiger partial charge on any atom is 0.258 e. The maximum absolute atomic E-state index is 9.03. The molecule has 0 bridgehead atoms. The first-order valence-corrected chi connectivity index (χ1v) is 5.01. The number of rotatable bonds is 1. The second-order valence-corrected chi connectivity index (χ2v) is 3.90. The van der Waals surface area contributed by atoms with E-state index < -0.39 is 0 Å². The molecule has 0 aliphatic rings. The molecule has 0 aliphatic heterocycles. The minimum atomic E-state index is -0.0837. The van der Waals surface area contributed by atoms with Crippen LogP contribution >= 0.6 is 34.2 Å². The van der Waals surface area contributed by atoms with Gasteiger partial charge in [0.05, 0.1) is 6.61 Å². The first-order valence-electron chi connectivity index (χ1n) is 3.56. The highest BCUT2D eigenvalue weighted by Crippen LogP contribution is 2.25. The maximum atomic E-state index is 9.03. The van der Waals surface area contributed by atoms with Crippen LogP contribution in [0, 0.1) is 3.90 Å². The third-order valence-corrected chi connectivity index (χ3v) is 2.36. The minimum absolute atomic E-state index is 0.0837. The van der Waals surface area contributed by atoms with Crippen LogP contribution in [-0.2, 0) is 6.61 Å². The van der Waals surface area contributed by atoms with Crippen LogP contribution in [0.25, 0.3) is 11.1 Å². The van der Waals surface area contributed by atoms with Gasteiger partial charge in [0.15, 0.2) is 5.58 Å². The summed E-state index contributed by atoms with van der Waals surface area (Å²) in [5.41, 5.74) is 1.98. The predicted octanol–water partition coefficient (Wildman–Crippen LogP) is 2.58. The van der Waals surface area contributed by atoms with Crippen molar-refractivity contribution in [3.63, 3.8) is 0 Å². The highest BCUT2D eigenvalue weighted by Gasteiger charge is 2.08. The molecule has 2 aromatic rings. The number of nitrogens with zero attached hydrogens (tertiary/aromatic N) is 1. The van der Waals surface area contributed by atoms with E-state index in [1.165, 1.54) is 0 Å². The normalized spacial score (nSPS) is 11.0. The number of aliphatic hydroxyl groups excluding tert-OH is 1. The molecule has 2 rings (SSSR count). The van der Waals surface area contributed by atoms with Gasteiger partial charge < -0.3 is 9.52 Å². The fourth-order valence-electron chi connectivity index (χ4n) is 1.15. The fraction of sp³-hybridized carbons (Fsp3) is 0.125. The van der Waals surface area contributed by atoms with E-state index in [1.807, 2.05) is 22.6 Å². The van der Waals surface area contributed by atoms with Crippen molar-refractivity contribution in [2.24, 2.45) is 0 Å². The van der Waals surface area contributed by atoms with Gasteiger partial charge in [-0.1, -0.05) is 11.6 Å². The fourth-order valence-corrected chi connectivity index (χ4v) is 1.86. The second-order valence-electron chi connectivity index (χ2n) is 2.54. The summed E-state index contributed by atoms with van der Waals surface area (Å²) in [5, 5.41) is 9.57. The van der Waals surface area contributed by atoms with E-state index in [2.05, 4.69) is 4.98 Å². The van der Waals surface area contributed by atoms with Gasteiger partial charge in [0.25, 0.3) is 3.90 Å². The molecule has 1 N–H and O–H groups in total. The van der Waals surface area contributed by atoms with E-state index in [4.69, 9.17) is 21.1 Å². The summed E-state index contributed by atoms with van der Waals surface area (Å²) in [6, 6.07) is 3.37. The lowest BCUT2D eigenvalue weighted by atomic mass is 10.2. The van der Waals surface area contributed by atoms with Gasteiger partial charge >= 0.3 is 0 Å². The van der Waals surface area contributed by atoms with Crippen LogP contribution in [0.15, 0.2) is 16.5 Å². The SMILES string of the molecule is OCc1cc(Cl)cc2oc(I)nc12. The largest absolute Gasteiger partial charge is 0.432 e. The molecule has 1 aromatic heterocycles. The molecule has 0 saturated carbocycles. The Hall–Kier alpha value is -0.330. The molecular formula is C8H5ClINO2. The van der Waals surface area contributed by atoms with Gasteiger partial charge in [-0.2, -0.15) is 0 Å². The molecule has 0 saturated heterocycles. The number of aliphatic hydroxyl groups is 1. The van der Waals surface area contributed by atoms with Crippen molar-refractivity contribution in [1.29, 1.82) is 0 Å². The quantitative estimate of drug-likeness (QED) is 0.824. The van der Waals surface area contributed by atoms with E-state index in [0.717, 1.165) is 0 Å². The molecule has 5 heteroatoms. The number of oxazole rings is 1. The van der Waals surface area contributed by atoms with Crippen molar-refractivity contribution in [3.05, 3.63) is 26.6 Å². The smallest absolute Gasteiger partial charge is 0.258 e. The van der Waals surface area contributed by atoms with Gasteiger partial charge in [-0.3, -0.25) is 0 Å². The lowest BCUT2D eigenvalue weighted by molar-refractivity contribution is 0.283. The summed E-state index contributed by atoms with van der Waals surface area (Å²) >= 11 is 7.79. The molecule has 13 heavy (non-hydrogen) atoms. The van der Waals surface area contributed by atoms with Gasteiger partial charge in [-0.05, 0) is 6.07 Å². The Labute approximate surface area is 92.9 Å². The van der Waals surface area contributed by atoms with Crippen LogP contribution in [0.2, 0.25) is 5.02 Å². The highest BCUT2D eigenvalue weighted by molar-refractivity contribution is 14.1. The van der Waals surface area contributed by atoms with Crippen molar-refractivity contribution in [3.8, 4) is 0 Å². The summed E-state index contributed by atoms with van der Waals surface area (Å²) in [6.07, 6.45) is 0. The van der Waals surface area contributed by atoms with Crippen molar-refractivity contribution in [2.45, 2.75) is 6.61 Å². The Morgan fingerprint density at radius 3 is 3.00 bits per heavy atom.